The van der Waals surface area contributed by atoms with Gasteiger partial charge >= 0.3 is 0 Å². The summed E-state index contributed by atoms with van der Waals surface area (Å²) in [5.74, 6) is 0.658. The van der Waals surface area contributed by atoms with Crippen molar-refractivity contribution < 1.29 is 4.79 Å². The van der Waals surface area contributed by atoms with E-state index in [9.17, 15) is 4.79 Å². The van der Waals surface area contributed by atoms with Crippen LogP contribution in [0.5, 0.6) is 0 Å². The molecule has 0 unspecified atom stereocenters. The molecule has 1 aromatic rings. The first-order chi connectivity index (χ1) is 9.08. The number of hydrogen-bond donors (Lipinski definition) is 0. The topological polar surface area (TPSA) is 20.3 Å². The van der Waals surface area contributed by atoms with Gasteiger partial charge in [-0.3, -0.25) is 4.79 Å². The summed E-state index contributed by atoms with van der Waals surface area (Å²) >= 11 is 6.07. The molecular formula is C16H22ClNO. The Balaban J connectivity index is 2.13. The Morgan fingerprint density at radius 3 is 2.58 bits per heavy atom. The Morgan fingerprint density at radius 2 is 1.95 bits per heavy atom. The van der Waals surface area contributed by atoms with E-state index in [1.807, 2.05) is 23.1 Å². The summed E-state index contributed by atoms with van der Waals surface area (Å²) in [6.07, 6.45) is 4.00. The van der Waals surface area contributed by atoms with Gasteiger partial charge in [0, 0.05) is 18.1 Å². The minimum atomic E-state index is 0.240. The fourth-order valence-corrected chi connectivity index (χ4v) is 2.90. The van der Waals surface area contributed by atoms with E-state index in [-0.39, 0.29) is 5.91 Å². The Bertz CT molecular complexity index is 450. The highest BCUT2D eigenvalue weighted by atomic mass is 35.5. The molecule has 104 valence electrons. The summed E-state index contributed by atoms with van der Waals surface area (Å²) in [6, 6.07) is 5.90. The standard InChI is InChI=1S/C16H22ClNO/c1-12(2)15-7-6-14(17)10-13(15)11-16(19)18-8-4-3-5-9-18/h6-7,10,12H,3-5,8-9,11H2,1-2H3. The van der Waals surface area contributed by atoms with Gasteiger partial charge in [0.05, 0.1) is 6.42 Å². The lowest BCUT2D eigenvalue weighted by atomic mass is 9.95. The molecule has 0 aliphatic carbocycles. The lowest BCUT2D eigenvalue weighted by molar-refractivity contribution is -0.131. The van der Waals surface area contributed by atoms with Crippen molar-refractivity contribution in [2.24, 2.45) is 0 Å². The lowest BCUT2D eigenvalue weighted by Gasteiger charge is -2.27. The first kappa shape index (κ1) is 14.4. The van der Waals surface area contributed by atoms with Gasteiger partial charge in [0.15, 0.2) is 0 Å². The third-order valence-electron chi connectivity index (χ3n) is 3.78. The van der Waals surface area contributed by atoms with Crippen molar-refractivity contribution in [2.45, 2.75) is 45.4 Å². The molecular weight excluding hydrogens is 258 g/mol. The van der Waals surface area contributed by atoms with Gasteiger partial charge < -0.3 is 4.90 Å². The summed E-state index contributed by atoms with van der Waals surface area (Å²) in [5.41, 5.74) is 2.31. The number of hydrogen-bond acceptors (Lipinski definition) is 1. The predicted molar refractivity (Wildman–Crippen MR) is 79.7 cm³/mol. The molecule has 0 aromatic heterocycles. The van der Waals surface area contributed by atoms with Crippen molar-refractivity contribution in [3.63, 3.8) is 0 Å². The summed E-state index contributed by atoms with van der Waals surface area (Å²) in [7, 11) is 0. The van der Waals surface area contributed by atoms with E-state index in [1.54, 1.807) is 0 Å². The van der Waals surface area contributed by atoms with Gasteiger partial charge in [-0.25, -0.2) is 0 Å². The summed E-state index contributed by atoms with van der Waals surface area (Å²) < 4.78 is 0. The molecule has 1 heterocycles. The number of carbonyl (C=O) groups is 1. The molecule has 1 fully saturated rings. The van der Waals surface area contributed by atoms with Crippen LogP contribution in [0.1, 0.15) is 50.2 Å². The number of rotatable bonds is 3. The summed E-state index contributed by atoms with van der Waals surface area (Å²) in [5, 5.41) is 0.714. The van der Waals surface area contributed by atoms with Crippen LogP contribution in [0.2, 0.25) is 5.02 Å². The van der Waals surface area contributed by atoms with E-state index in [2.05, 4.69) is 13.8 Å². The quantitative estimate of drug-likeness (QED) is 0.818. The third kappa shape index (κ3) is 3.73. The van der Waals surface area contributed by atoms with Crippen LogP contribution in [0.4, 0.5) is 0 Å². The Hall–Kier alpha value is -1.02. The first-order valence-corrected chi connectivity index (χ1v) is 7.52. The number of halogens is 1. The predicted octanol–water partition coefficient (Wildman–Crippen LogP) is 4.02. The molecule has 2 nitrogen and oxygen atoms in total. The van der Waals surface area contributed by atoms with E-state index in [0.717, 1.165) is 31.5 Å². The van der Waals surface area contributed by atoms with E-state index in [1.165, 1.54) is 12.0 Å². The highest BCUT2D eigenvalue weighted by Crippen LogP contribution is 2.24. The zero-order valence-electron chi connectivity index (χ0n) is 11.8. The van der Waals surface area contributed by atoms with Crippen LogP contribution in [-0.4, -0.2) is 23.9 Å². The number of likely N-dealkylation sites (tertiary alicyclic amines) is 1. The van der Waals surface area contributed by atoms with Crippen LogP contribution in [-0.2, 0) is 11.2 Å². The maximum Gasteiger partial charge on any atom is 0.227 e. The Labute approximate surface area is 120 Å². The van der Waals surface area contributed by atoms with Gasteiger partial charge in [0.2, 0.25) is 5.91 Å². The minimum Gasteiger partial charge on any atom is -0.342 e. The van der Waals surface area contributed by atoms with Crippen LogP contribution in [0.3, 0.4) is 0 Å². The lowest BCUT2D eigenvalue weighted by Crippen LogP contribution is -2.36. The highest BCUT2D eigenvalue weighted by molar-refractivity contribution is 6.30. The molecule has 1 amide bonds. The third-order valence-corrected chi connectivity index (χ3v) is 4.01. The molecule has 1 saturated heterocycles. The normalized spacial score (nSPS) is 15.9. The molecule has 0 bridgehead atoms. The number of amides is 1. The monoisotopic (exact) mass is 279 g/mol. The molecule has 1 aliphatic rings. The molecule has 3 heteroatoms. The largest absolute Gasteiger partial charge is 0.342 e. The first-order valence-electron chi connectivity index (χ1n) is 7.14. The van der Waals surface area contributed by atoms with Gasteiger partial charge in [-0.05, 0) is 48.4 Å². The van der Waals surface area contributed by atoms with E-state index < -0.39 is 0 Å². The molecule has 2 rings (SSSR count). The molecule has 0 atom stereocenters. The van der Waals surface area contributed by atoms with E-state index >= 15 is 0 Å². The average molecular weight is 280 g/mol. The Kier molecular flexibility index (Phi) is 4.87. The second-order valence-electron chi connectivity index (χ2n) is 5.62. The fraction of sp³-hybridized carbons (Fsp3) is 0.562. The number of benzene rings is 1. The molecule has 0 spiro atoms. The zero-order chi connectivity index (χ0) is 13.8. The van der Waals surface area contributed by atoms with Gasteiger partial charge in [-0.2, -0.15) is 0 Å². The molecule has 1 aromatic carbocycles. The molecule has 0 saturated carbocycles. The van der Waals surface area contributed by atoms with Crippen molar-refractivity contribution in [1.82, 2.24) is 4.90 Å². The summed E-state index contributed by atoms with van der Waals surface area (Å²) in [4.78, 5) is 14.3. The smallest absolute Gasteiger partial charge is 0.227 e. The van der Waals surface area contributed by atoms with Gasteiger partial charge in [-0.1, -0.05) is 31.5 Å². The van der Waals surface area contributed by atoms with Gasteiger partial charge in [-0.15, -0.1) is 0 Å². The Morgan fingerprint density at radius 1 is 1.26 bits per heavy atom. The minimum absolute atomic E-state index is 0.240. The van der Waals surface area contributed by atoms with Crippen LogP contribution in [0.25, 0.3) is 0 Å². The summed E-state index contributed by atoms with van der Waals surface area (Å²) in [6.45, 7) is 6.13. The van der Waals surface area contributed by atoms with Crippen LogP contribution >= 0.6 is 11.6 Å². The maximum absolute atomic E-state index is 12.3. The number of piperidine rings is 1. The second kappa shape index (κ2) is 6.42. The van der Waals surface area contributed by atoms with Crippen molar-refractivity contribution in [2.75, 3.05) is 13.1 Å². The second-order valence-corrected chi connectivity index (χ2v) is 6.05. The van der Waals surface area contributed by atoms with E-state index in [4.69, 9.17) is 11.6 Å². The average Bonchev–Trinajstić information content (AvgIpc) is 2.39. The van der Waals surface area contributed by atoms with Crippen LogP contribution in [0, 0.1) is 0 Å². The molecule has 19 heavy (non-hydrogen) atoms. The fourth-order valence-electron chi connectivity index (χ4n) is 2.71. The van der Waals surface area contributed by atoms with Crippen molar-refractivity contribution in [1.29, 1.82) is 0 Å². The highest BCUT2D eigenvalue weighted by Gasteiger charge is 2.18. The number of nitrogens with zero attached hydrogens (tertiary/aromatic N) is 1. The van der Waals surface area contributed by atoms with Gasteiger partial charge in [0.25, 0.3) is 0 Å². The van der Waals surface area contributed by atoms with Gasteiger partial charge in [0.1, 0.15) is 0 Å². The number of carbonyl (C=O) groups excluding carboxylic acids is 1. The van der Waals surface area contributed by atoms with Crippen molar-refractivity contribution in [3.8, 4) is 0 Å². The zero-order valence-corrected chi connectivity index (χ0v) is 12.5. The molecule has 0 radical (unpaired) electrons. The maximum atomic E-state index is 12.3. The van der Waals surface area contributed by atoms with Crippen molar-refractivity contribution >= 4 is 17.5 Å². The van der Waals surface area contributed by atoms with Crippen molar-refractivity contribution in [3.05, 3.63) is 34.3 Å². The molecule has 1 aliphatic heterocycles. The van der Waals surface area contributed by atoms with E-state index in [0.29, 0.717) is 17.4 Å². The SMILES string of the molecule is CC(C)c1ccc(Cl)cc1CC(=O)N1CCCCC1. The van der Waals surface area contributed by atoms with Crippen LogP contribution < -0.4 is 0 Å². The molecule has 0 N–H and O–H groups in total. The van der Waals surface area contributed by atoms with Crippen LogP contribution in [0.15, 0.2) is 18.2 Å².